The summed E-state index contributed by atoms with van der Waals surface area (Å²) in [5.74, 6) is -1.24. The lowest BCUT2D eigenvalue weighted by Crippen LogP contribution is -2.52. The number of carboxylic acids is 1. The Morgan fingerprint density at radius 3 is 2.47 bits per heavy atom. The Kier molecular flexibility index (Phi) is 4.45. The molecule has 0 radical (unpaired) electrons. The highest BCUT2D eigenvalue weighted by molar-refractivity contribution is 5.80. The maximum absolute atomic E-state index is 12.3. The summed E-state index contributed by atoms with van der Waals surface area (Å²) in [5, 5.41) is 12.2. The normalized spacial score (nSPS) is 30.6. The molecule has 1 aliphatic carbocycles. The van der Waals surface area contributed by atoms with Crippen LogP contribution in [0.1, 0.15) is 45.4 Å². The van der Waals surface area contributed by atoms with E-state index in [9.17, 15) is 9.59 Å². The molecule has 2 aliphatic rings. The first-order valence-corrected chi connectivity index (χ1v) is 7.13. The lowest BCUT2D eigenvalue weighted by Gasteiger charge is -2.36. The van der Waals surface area contributed by atoms with E-state index >= 15 is 0 Å². The molecule has 0 aromatic heterocycles. The Bertz CT molecular complexity index is 349. The minimum Gasteiger partial charge on any atom is -0.481 e. The van der Waals surface area contributed by atoms with Crippen molar-refractivity contribution in [2.75, 3.05) is 13.2 Å². The largest absolute Gasteiger partial charge is 0.481 e. The van der Waals surface area contributed by atoms with Gasteiger partial charge in [0, 0.05) is 24.7 Å². The average molecular weight is 269 g/mol. The van der Waals surface area contributed by atoms with Crippen LogP contribution in [0.15, 0.2) is 0 Å². The summed E-state index contributed by atoms with van der Waals surface area (Å²) < 4.78 is 5.31. The molecular weight excluding hydrogens is 246 g/mol. The Balaban J connectivity index is 1.90. The fourth-order valence-electron chi connectivity index (χ4n) is 3.00. The lowest BCUT2D eigenvalue weighted by atomic mass is 9.80. The lowest BCUT2D eigenvalue weighted by molar-refractivity contribution is -0.144. The Morgan fingerprint density at radius 1 is 1.21 bits per heavy atom. The van der Waals surface area contributed by atoms with Crippen LogP contribution in [-0.2, 0) is 14.3 Å². The molecule has 108 valence electrons. The van der Waals surface area contributed by atoms with Gasteiger partial charge in [0.15, 0.2) is 0 Å². The third-order valence-corrected chi connectivity index (χ3v) is 4.42. The van der Waals surface area contributed by atoms with Crippen LogP contribution in [0, 0.1) is 11.8 Å². The van der Waals surface area contributed by atoms with Gasteiger partial charge in [0.05, 0.1) is 5.92 Å². The SMILES string of the molecule is CC1(NC(=O)C2CCCC(C(=O)O)C2)CCOCC1. The highest BCUT2D eigenvalue weighted by atomic mass is 16.5. The number of carbonyl (C=O) groups is 2. The van der Waals surface area contributed by atoms with E-state index in [4.69, 9.17) is 9.84 Å². The molecular formula is C14H23NO4. The summed E-state index contributed by atoms with van der Waals surface area (Å²) in [6.07, 6.45) is 4.47. The number of aliphatic carboxylic acids is 1. The van der Waals surface area contributed by atoms with E-state index in [-0.39, 0.29) is 23.3 Å². The second-order valence-electron chi connectivity index (χ2n) is 6.06. The predicted octanol–water partition coefficient (Wildman–Crippen LogP) is 1.56. The molecule has 19 heavy (non-hydrogen) atoms. The summed E-state index contributed by atoms with van der Waals surface area (Å²) >= 11 is 0. The molecule has 1 aliphatic heterocycles. The molecule has 0 aromatic carbocycles. The van der Waals surface area contributed by atoms with Crippen LogP contribution in [0.5, 0.6) is 0 Å². The van der Waals surface area contributed by atoms with Gasteiger partial charge in [-0.1, -0.05) is 6.42 Å². The van der Waals surface area contributed by atoms with Crippen molar-refractivity contribution >= 4 is 11.9 Å². The van der Waals surface area contributed by atoms with Crippen LogP contribution < -0.4 is 5.32 Å². The van der Waals surface area contributed by atoms with Gasteiger partial charge in [-0.3, -0.25) is 9.59 Å². The molecule has 1 saturated carbocycles. The number of ether oxygens (including phenoxy) is 1. The van der Waals surface area contributed by atoms with Crippen molar-refractivity contribution in [3.8, 4) is 0 Å². The number of amides is 1. The van der Waals surface area contributed by atoms with E-state index in [0.717, 1.165) is 25.7 Å². The quantitative estimate of drug-likeness (QED) is 0.815. The van der Waals surface area contributed by atoms with E-state index in [1.54, 1.807) is 0 Å². The van der Waals surface area contributed by atoms with Crippen LogP contribution in [0.2, 0.25) is 0 Å². The molecule has 1 saturated heterocycles. The molecule has 1 amide bonds. The van der Waals surface area contributed by atoms with Gasteiger partial charge in [0.2, 0.25) is 5.91 Å². The highest BCUT2D eigenvalue weighted by Crippen LogP contribution is 2.30. The van der Waals surface area contributed by atoms with Crippen LogP contribution in [0.3, 0.4) is 0 Å². The van der Waals surface area contributed by atoms with Crippen LogP contribution >= 0.6 is 0 Å². The monoisotopic (exact) mass is 269 g/mol. The van der Waals surface area contributed by atoms with Crippen molar-refractivity contribution in [2.24, 2.45) is 11.8 Å². The number of carboxylic acid groups (broad SMARTS) is 1. The maximum Gasteiger partial charge on any atom is 0.306 e. The summed E-state index contributed by atoms with van der Waals surface area (Å²) in [4.78, 5) is 23.3. The predicted molar refractivity (Wildman–Crippen MR) is 69.7 cm³/mol. The standard InChI is InChI=1S/C14H23NO4/c1-14(5-7-19-8-6-14)15-12(16)10-3-2-4-11(9-10)13(17)18/h10-11H,2-9H2,1H3,(H,15,16)(H,17,18). The molecule has 2 atom stereocenters. The molecule has 2 N–H and O–H groups in total. The zero-order chi connectivity index (χ0) is 13.9. The van der Waals surface area contributed by atoms with Gasteiger partial charge in [-0.2, -0.15) is 0 Å². The zero-order valence-electron chi connectivity index (χ0n) is 11.5. The van der Waals surface area contributed by atoms with Crippen molar-refractivity contribution in [1.29, 1.82) is 0 Å². The van der Waals surface area contributed by atoms with E-state index in [0.29, 0.717) is 26.1 Å². The smallest absolute Gasteiger partial charge is 0.306 e. The van der Waals surface area contributed by atoms with Gasteiger partial charge in [0.1, 0.15) is 0 Å². The summed E-state index contributed by atoms with van der Waals surface area (Å²) in [6, 6.07) is 0. The molecule has 0 spiro atoms. The third kappa shape index (κ3) is 3.69. The first-order valence-electron chi connectivity index (χ1n) is 7.13. The van der Waals surface area contributed by atoms with Crippen molar-refractivity contribution in [1.82, 2.24) is 5.32 Å². The number of hydrogen-bond donors (Lipinski definition) is 2. The molecule has 2 rings (SSSR count). The van der Waals surface area contributed by atoms with Crippen molar-refractivity contribution in [3.63, 3.8) is 0 Å². The summed E-state index contributed by atoms with van der Waals surface area (Å²) in [6.45, 7) is 3.41. The molecule has 0 aromatic rings. The van der Waals surface area contributed by atoms with E-state index in [2.05, 4.69) is 5.32 Å². The van der Waals surface area contributed by atoms with Gasteiger partial charge >= 0.3 is 5.97 Å². The Labute approximate surface area is 113 Å². The maximum atomic E-state index is 12.3. The van der Waals surface area contributed by atoms with Gasteiger partial charge < -0.3 is 15.2 Å². The highest BCUT2D eigenvalue weighted by Gasteiger charge is 2.35. The van der Waals surface area contributed by atoms with E-state index in [1.807, 2.05) is 6.92 Å². The van der Waals surface area contributed by atoms with Crippen molar-refractivity contribution in [2.45, 2.75) is 51.0 Å². The van der Waals surface area contributed by atoms with Crippen molar-refractivity contribution < 1.29 is 19.4 Å². The summed E-state index contributed by atoms with van der Waals surface area (Å²) in [7, 11) is 0. The van der Waals surface area contributed by atoms with Crippen LogP contribution in [0.25, 0.3) is 0 Å². The van der Waals surface area contributed by atoms with Gasteiger partial charge in [-0.15, -0.1) is 0 Å². The minimum absolute atomic E-state index is 0.0235. The molecule has 5 heteroatoms. The van der Waals surface area contributed by atoms with E-state index < -0.39 is 5.97 Å². The summed E-state index contributed by atoms with van der Waals surface area (Å²) in [5.41, 5.74) is -0.189. The van der Waals surface area contributed by atoms with Crippen molar-refractivity contribution in [3.05, 3.63) is 0 Å². The Hall–Kier alpha value is -1.10. The van der Waals surface area contributed by atoms with Crippen LogP contribution in [0.4, 0.5) is 0 Å². The third-order valence-electron chi connectivity index (χ3n) is 4.42. The molecule has 2 unspecified atom stereocenters. The minimum atomic E-state index is -0.769. The van der Waals surface area contributed by atoms with Gasteiger partial charge in [0.25, 0.3) is 0 Å². The van der Waals surface area contributed by atoms with Crippen LogP contribution in [-0.4, -0.2) is 35.7 Å². The molecule has 2 fully saturated rings. The first kappa shape index (κ1) is 14.3. The van der Waals surface area contributed by atoms with Gasteiger partial charge in [-0.05, 0) is 39.0 Å². The zero-order valence-corrected chi connectivity index (χ0v) is 11.5. The number of hydrogen-bond acceptors (Lipinski definition) is 3. The number of rotatable bonds is 3. The molecule has 5 nitrogen and oxygen atoms in total. The second-order valence-corrected chi connectivity index (χ2v) is 6.06. The Morgan fingerprint density at radius 2 is 1.84 bits per heavy atom. The van der Waals surface area contributed by atoms with Gasteiger partial charge in [-0.25, -0.2) is 0 Å². The molecule has 0 bridgehead atoms. The fraction of sp³-hybridized carbons (Fsp3) is 0.857. The average Bonchev–Trinajstić information content (AvgIpc) is 2.39. The number of carbonyl (C=O) groups excluding carboxylic acids is 1. The molecule has 1 heterocycles. The topological polar surface area (TPSA) is 75.6 Å². The number of nitrogens with one attached hydrogen (secondary N) is 1. The second kappa shape index (κ2) is 5.90. The first-order chi connectivity index (χ1) is 9.00. The fourth-order valence-corrected chi connectivity index (χ4v) is 3.00. The van der Waals surface area contributed by atoms with E-state index in [1.165, 1.54) is 0 Å².